The number of carbonyl (C=O) groups excluding carboxylic acids is 2. The van der Waals surface area contributed by atoms with Crippen LogP contribution in [0.2, 0.25) is 10.0 Å². The number of carbonyl (C=O) groups is 2. The molecule has 0 heterocycles. The number of rotatable bonds is 10. The largest absolute Gasteiger partial charge is 0.354 e. The zero-order valence-corrected chi connectivity index (χ0v) is 22.3. The van der Waals surface area contributed by atoms with Gasteiger partial charge in [-0.3, -0.25) is 13.9 Å². The quantitative estimate of drug-likeness (QED) is 0.500. The number of halogens is 2. The van der Waals surface area contributed by atoms with Crippen LogP contribution in [0.25, 0.3) is 0 Å². The molecule has 34 heavy (non-hydrogen) atoms. The third-order valence-electron chi connectivity index (χ3n) is 5.24. The molecule has 0 saturated heterocycles. The van der Waals surface area contributed by atoms with Gasteiger partial charge in [0.2, 0.25) is 21.8 Å². The van der Waals surface area contributed by atoms with Gasteiger partial charge in [-0.1, -0.05) is 60.8 Å². The number of anilines is 1. The van der Waals surface area contributed by atoms with E-state index < -0.39 is 28.5 Å². The lowest BCUT2D eigenvalue weighted by Gasteiger charge is -2.32. The van der Waals surface area contributed by atoms with E-state index in [0.29, 0.717) is 27.8 Å². The molecule has 1 N–H and O–H groups in total. The predicted octanol–water partition coefficient (Wildman–Crippen LogP) is 4.26. The molecule has 0 bridgehead atoms. The fourth-order valence-corrected chi connectivity index (χ4v) is 4.58. The normalized spacial score (nSPS) is 12.4. The molecule has 2 aromatic carbocycles. The van der Waals surface area contributed by atoms with Crippen molar-refractivity contribution in [2.45, 2.75) is 40.3 Å². The molecule has 0 spiro atoms. The Hall–Kier alpha value is -2.29. The van der Waals surface area contributed by atoms with Gasteiger partial charge < -0.3 is 10.2 Å². The fourth-order valence-electron chi connectivity index (χ4n) is 3.21. The number of hydrogen-bond donors (Lipinski definition) is 1. The van der Waals surface area contributed by atoms with Gasteiger partial charge in [-0.05, 0) is 44.0 Å². The number of amides is 2. The van der Waals surface area contributed by atoms with Crippen LogP contribution in [0.4, 0.5) is 5.69 Å². The van der Waals surface area contributed by atoms with Crippen LogP contribution in [0.5, 0.6) is 0 Å². The van der Waals surface area contributed by atoms with Crippen LogP contribution < -0.4 is 9.62 Å². The second-order valence-electron chi connectivity index (χ2n) is 8.64. The van der Waals surface area contributed by atoms with Gasteiger partial charge in [0.15, 0.2) is 0 Å². The molecule has 7 nitrogen and oxygen atoms in total. The topological polar surface area (TPSA) is 86.8 Å². The van der Waals surface area contributed by atoms with Crippen molar-refractivity contribution in [1.29, 1.82) is 0 Å². The smallest absolute Gasteiger partial charge is 0.244 e. The number of aryl methyl sites for hydroxylation is 1. The highest BCUT2D eigenvalue weighted by Gasteiger charge is 2.31. The van der Waals surface area contributed by atoms with E-state index in [0.717, 1.165) is 16.1 Å². The van der Waals surface area contributed by atoms with Crippen molar-refractivity contribution in [2.75, 3.05) is 23.7 Å². The van der Waals surface area contributed by atoms with E-state index in [2.05, 4.69) is 5.32 Å². The lowest BCUT2D eigenvalue weighted by molar-refractivity contribution is -0.139. The summed E-state index contributed by atoms with van der Waals surface area (Å²) in [4.78, 5) is 27.6. The fraction of sp³-hybridized carbons (Fsp3) is 0.417. The molecule has 0 radical (unpaired) electrons. The zero-order valence-electron chi connectivity index (χ0n) is 20.0. The van der Waals surface area contributed by atoms with Crippen LogP contribution in [0.3, 0.4) is 0 Å². The van der Waals surface area contributed by atoms with Crippen molar-refractivity contribution in [2.24, 2.45) is 5.92 Å². The summed E-state index contributed by atoms with van der Waals surface area (Å²) in [5, 5.41) is 3.51. The first-order chi connectivity index (χ1) is 15.8. The molecular weight excluding hydrogens is 497 g/mol. The number of benzene rings is 2. The minimum atomic E-state index is -3.78. The third-order valence-corrected chi connectivity index (χ3v) is 7.09. The van der Waals surface area contributed by atoms with Crippen LogP contribution in [-0.2, 0) is 26.2 Å². The molecule has 2 rings (SSSR count). The Bertz CT molecular complexity index is 1100. The van der Waals surface area contributed by atoms with Crippen molar-refractivity contribution >= 4 is 50.7 Å². The molecule has 1 atom stereocenters. The summed E-state index contributed by atoms with van der Waals surface area (Å²) in [7, 11) is -3.78. The maximum atomic E-state index is 13.5. The van der Waals surface area contributed by atoms with E-state index in [4.69, 9.17) is 23.2 Å². The maximum Gasteiger partial charge on any atom is 0.244 e. The first-order valence-electron chi connectivity index (χ1n) is 10.9. The van der Waals surface area contributed by atoms with Gasteiger partial charge in [-0.15, -0.1) is 0 Å². The first kappa shape index (κ1) is 28.0. The maximum absolute atomic E-state index is 13.5. The Morgan fingerprint density at radius 2 is 1.56 bits per heavy atom. The summed E-state index contributed by atoms with van der Waals surface area (Å²) in [6, 6.07) is 10.9. The van der Waals surface area contributed by atoms with Crippen molar-refractivity contribution in [3.63, 3.8) is 0 Å². The average Bonchev–Trinajstić information content (AvgIpc) is 2.75. The van der Waals surface area contributed by atoms with E-state index in [1.165, 1.54) is 4.90 Å². The van der Waals surface area contributed by atoms with E-state index in [1.54, 1.807) is 49.4 Å². The number of hydrogen-bond acceptors (Lipinski definition) is 4. The first-order valence-corrected chi connectivity index (χ1v) is 13.5. The second-order valence-corrected chi connectivity index (χ2v) is 11.4. The summed E-state index contributed by atoms with van der Waals surface area (Å²) in [5.41, 5.74) is 1.78. The van der Waals surface area contributed by atoms with Crippen LogP contribution >= 0.6 is 23.2 Å². The Morgan fingerprint density at radius 1 is 1.00 bits per heavy atom. The van der Waals surface area contributed by atoms with E-state index in [9.17, 15) is 18.0 Å². The lowest BCUT2D eigenvalue weighted by atomic mass is 10.1. The molecule has 0 saturated carbocycles. The monoisotopic (exact) mass is 527 g/mol. The summed E-state index contributed by atoms with van der Waals surface area (Å²) in [6.07, 6.45) is 1.04. The summed E-state index contributed by atoms with van der Waals surface area (Å²) in [6.45, 7) is 7.30. The molecule has 2 aromatic rings. The molecule has 0 aliphatic heterocycles. The van der Waals surface area contributed by atoms with Crippen molar-refractivity contribution in [3.05, 3.63) is 63.6 Å². The Morgan fingerprint density at radius 3 is 2.06 bits per heavy atom. The second kappa shape index (κ2) is 11.9. The van der Waals surface area contributed by atoms with Crippen LogP contribution in [0.1, 0.15) is 31.9 Å². The Labute approximate surface area is 212 Å². The minimum absolute atomic E-state index is 0.0564. The highest BCUT2D eigenvalue weighted by molar-refractivity contribution is 7.92. The number of sulfonamides is 1. The lowest BCUT2D eigenvalue weighted by Crippen LogP contribution is -2.51. The SMILES string of the molecule is Cc1ccc(N(CC(=O)N(Cc2c(Cl)cccc2Cl)C(C)C(=O)NCC(C)C)S(C)(=O)=O)cc1. The molecule has 2 amide bonds. The predicted molar refractivity (Wildman–Crippen MR) is 138 cm³/mol. The van der Waals surface area contributed by atoms with Crippen molar-refractivity contribution < 1.29 is 18.0 Å². The highest BCUT2D eigenvalue weighted by atomic mass is 35.5. The minimum Gasteiger partial charge on any atom is -0.354 e. The third kappa shape index (κ3) is 7.61. The highest BCUT2D eigenvalue weighted by Crippen LogP contribution is 2.27. The molecule has 0 fully saturated rings. The van der Waals surface area contributed by atoms with Gasteiger partial charge in [0.1, 0.15) is 12.6 Å². The van der Waals surface area contributed by atoms with Crippen LogP contribution in [0, 0.1) is 12.8 Å². The molecule has 0 aromatic heterocycles. The van der Waals surface area contributed by atoms with Gasteiger partial charge in [-0.25, -0.2) is 8.42 Å². The molecular formula is C24H31Cl2N3O4S. The summed E-state index contributed by atoms with van der Waals surface area (Å²) < 4.78 is 26.1. The average molecular weight is 529 g/mol. The van der Waals surface area contributed by atoms with E-state index in [-0.39, 0.29) is 18.4 Å². The number of nitrogens with zero attached hydrogens (tertiary/aromatic N) is 2. The summed E-state index contributed by atoms with van der Waals surface area (Å²) >= 11 is 12.7. The summed E-state index contributed by atoms with van der Waals surface area (Å²) in [5.74, 6) is -0.693. The Balaban J connectivity index is 2.41. The van der Waals surface area contributed by atoms with E-state index in [1.807, 2.05) is 20.8 Å². The molecule has 0 aliphatic carbocycles. The van der Waals surface area contributed by atoms with Gasteiger partial charge >= 0.3 is 0 Å². The molecule has 1 unspecified atom stereocenters. The molecule has 0 aliphatic rings. The van der Waals surface area contributed by atoms with Gasteiger partial charge in [0.05, 0.1) is 11.9 Å². The van der Waals surface area contributed by atoms with Gasteiger partial charge in [0, 0.05) is 28.7 Å². The van der Waals surface area contributed by atoms with Crippen LogP contribution in [0.15, 0.2) is 42.5 Å². The zero-order chi connectivity index (χ0) is 25.6. The molecule has 10 heteroatoms. The van der Waals surface area contributed by atoms with Crippen molar-refractivity contribution in [3.8, 4) is 0 Å². The van der Waals surface area contributed by atoms with Crippen LogP contribution in [-0.4, -0.2) is 50.5 Å². The molecule has 186 valence electrons. The number of nitrogens with one attached hydrogen (secondary N) is 1. The Kier molecular flexibility index (Phi) is 9.79. The van der Waals surface area contributed by atoms with Gasteiger partial charge in [0.25, 0.3) is 0 Å². The standard InChI is InChI=1S/C24H31Cl2N3O4S/c1-16(2)13-27-24(31)18(4)28(14-20-21(25)7-6-8-22(20)26)23(30)15-29(34(5,32)33)19-11-9-17(3)10-12-19/h6-12,16,18H,13-15H2,1-5H3,(H,27,31). The van der Waals surface area contributed by atoms with Crippen molar-refractivity contribution in [1.82, 2.24) is 10.2 Å². The van der Waals surface area contributed by atoms with Gasteiger partial charge in [-0.2, -0.15) is 0 Å². The van der Waals surface area contributed by atoms with E-state index >= 15 is 0 Å².